The van der Waals surface area contributed by atoms with Crippen LogP contribution < -0.4 is 14.8 Å². The number of hydrogen-bond donors (Lipinski definition) is 1. The summed E-state index contributed by atoms with van der Waals surface area (Å²) in [4.78, 5) is 12.7. The van der Waals surface area contributed by atoms with Crippen LogP contribution in [-0.4, -0.2) is 25.9 Å². The van der Waals surface area contributed by atoms with Gasteiger partial charge < -0.3 is 14.8 Å². The summed E-state index contributed by atoms with van der Waals surface area (Å²) in [5.74, 6) is 0.872. The lowest BCUT2D eigenvalue weighted by atomic mass is 10.3. The second kappa shape index (κ2) is 7.70. The minimum Gasteiger partial charge on any atom is -0.493 e. The summed E-state index contributed by atoms with van der Waals surface area (Å²) in [5, 5.41) is 2.65. The summed E-state index contributed by atoms with van der Waals surface area (Å²) >= 11 is 1.36. The van der Waals surface area contributed by atoms with E-state index in [1.54, 1.807) is 38.5 Å². The molecule has 0 spiro atoms. The molecule has 6 heteroatoms. The maximum absolute atomic E-state index is 13.0. The first-order valence-electron chi connectivity index (χ1n) is 6.52. The third-order valence-electron chi connectivity index (χ3n) is 2.83. The average Bonchev–Trinajstić information content (AvgIpc) is 2.52. The van der Waals surface area contributed by atoms with Crippen LogP contribution in [0.3, 0.4) is 0 Å². The van der Waals surface area contributed by atoms with E-state index in [2.05, 4.69) is 5.32 Å². The molecule has 0 radical (unpaired) electrons. The topological polar surface area (TPSA) is 47.6 Å². The summed E-state index contributed by atoms with van der Waals surface area (Å²) in [6.07, 6.45) is 0. The third-order valence-corrected chi connectivity index (χ3v) is 3.83. The number of methoxy groups -OCH3 is 2. The molecule has 0 fully saturated rings. The van der Waals surface area contributed by atoms with Crippen molar-refractivity contribution in [2.24, 2.45) is 0 Å². The highest BCUT2D eigenvalue weighted by Gasteiger charge is 2.08. The lowest BCUT2D eigenvalue weighted by molar-refractivity contribution is -0.113. The lowest BCUT2D eigenvalue weighted by Gasteiger charge is -2.09. The van der Waals surface area contributed by atoms with Gasteiger partial charge in [0.15, 0.2) is 11.5 Å². The minimum atomic E-state index is -0.384. The van der Waals surface area contributed by atoms with Gasteiger partial charge in [0, 0.05) is 10.6 Å². The lowest BCUT2D eigenvalue weighted by Crippen LogP contribution is -2.14. The Labute approximate surface area is 132 Å². The molecule has 4 nitrogen and oxygen atoms in total. The summed E-state index contributed by atoms with van der Waals surface area (Å²) in [6.45, 7) is 0. The summed E-state index contributed by atoms with van der Waals surface area (Å²) in [6, 6.07) is 11.2. The largest absolute Gasteiger partial charge is 0.493 e. The molecule has 0 heterocycles. The zero-order valence-corrected chi connectivity index (χ0v) is 13.1. The third kappa shape index (κ3) is 4.39. The molecule has 1 amide bonds. The first kappa shape index (κ1) is 16.2. The second-order valence-corrected chi connectivity index (χ2v) is 5.41. The van der Waals surface area contributed by atoms with Gasteiger partial charge in [-0.2, -0.15) is 0 Å². The molecule has 0 bridgehead atoms. The van der Waals surface area contributed by atoms with E-state index in [4.69, 9.17) is 9.47 Å². The highest BCUT2D eigenvalue weighted by Crippen LogP contribution is 2.31. The zero-order chi connectivity index (χ0) is 15.9. The van der Waals surface area contributed by atoms with Gasteiger partial charge in [0.2, 0.25) is 5.91 Å². The maximum Gasteiger partial charge on any atom is 0.234 e. The molecule has 0 aliphatic rings. The number of carbonyl (C=O) groups is 1. The number of benzene rings is 2. The van der Waals surface area contributed by atoms with Crippen molar-refractivity contribution in [3.05, 3.63) is 48.3 Å². The van der Waals surface area contributed by atoms with Crippen LogP contribution in [0, 0.1) is 5.82 Å². The summed E-state index contributed by atoms with van der Waals surface area (Å²) < 4.78 is 23.4. The second-order valence-electron chi connectivity index (χ2n) is 4.36. The van der Waals surface area contributed by atoms with E-state index in [0.717, 1.165) is 4.90 Å². The number of thioether (sulfide) groups is 1. The molecule has 2 rings (SSSR count). The predicted octanol–water partition coefficient (Wildman–Crippen LogP) is 3.57. The van der Waals surface area contributed by atoms with Crippen LogP contribution in [0.25, 0.3) is 0 Å². The molecule has 1 N–H and O–H groups in total. The Morgan fingerprint density at radius 3 is 2.59 bits per heavy atom. The van der Waals surface area contributed by atoms with E-state index >= 15 is 0 Å². The number of halogens is 1. The van der Waals surface area contributed by atoms with Crippen LogP contribution in [0.5, 0.6) is 11.5 Å². The van der Waals surface area contributed by atoms with Gasteiger partial charge in [-0.05, 0) is 36.4 Å². The van der Waals surface area contributed by atoms with Crippen LogP contribution in [0.1, 0.15) is 0 Å². The minimum absolute atomic E-state index is 0.203. The number of rotatable bonds is 6. The van der Waals surface area contributed by atoms with Crippen LogP contribution in [0.15, 0.2) is 47.4 Å². The molecule has 0 aliphatic carbocycles. The molecule has 0 unspecified atom stereocenters. The molecule has 22 heavy (non-hydrogen) atoms. The van der Waals surface area contributed by atoms with Gasteiger partial charge in [-0.1, -0.05) is 6.07 Å². The fourth-order valence-corrected chi connectivity index (χ4v) is 2.54. The van der Waals surface area contributed by atoms with E-state index in [0.29, 0.717) is 17.2 Å². The van der Waals surface area contributed by atoms with Gasteiger partial charge in [0.05, 0.1) is 20.0 Å². The Morgan fingerprint density at radius 2 is 1.91 bits per heavy atom. The highest BCUT2D eigenvalue weighted by atomic mass is 32.2. The molecule has 0 aromatic heterocycles. The Balaban J connectivity index is 1.93. The molecule has 0 saturated heterocycles. The molecule has 0 atom stereocenters. The van der Waals surface area contributed by atoms with Crippen LogP contribution >= 0.6 is 11.8 Å². The zero-order valence-electron chi connectivity index (χ0n) is 12.3. The normalized spacial score (nSPS) is 10.1. The van der Waals surface area contributed by atoms with Crippen LogP contribution in [-0.2, 0) is 4.79 Å². The Kier molecular flexibility index (Phi) is 5.66. The van der Waals surface area contributed by atoms with E-state index < -0.39 is 0 Å². The standard InChI is InChI=1S/C16H16FNO3S/c1-20-14-7-6-13(9-15(14)21-2)22-10-16(19)18-12-5-3-4-11(17)8-12/h3-9H,10H2,1-2H3,(H,18,19). The molecule has 2 aromatic rings. The number of hydrogen-bond acceptors (Lipinski definition) is 4. The Morgan fingerprint density at radius 1 is 1.14 bits per heavy atom. The van der Waals surface area contributed by atoms with Crippen molar-refractivity contribution < 1.29 is 18.7 Å². The van der Waals surface area contributed by atoms with Gasteiger partial charge in [-0.25, -0.2) is 4.39 Å². The number of amides is 1. The van der Waals surface area contributed by atoms with Gasteiger partial charge in [-0.3, -0.25) is 4.79 Å². The fraction of sp³-hybridized carbons (Fsp3) is 0.188. The molecular formula is C16H16FNO3S. The van der Waals surface area contributed by atoms with E-state index in [1.165, 1.54) is 23.9 Å². The summed E-state index contributed by atoms with van der Waals surface area (Å²) in [7, 11) is 3.13. The predicted molar refractivity (Wildman–Crippen MR) is 85.3 cm³/mol. The highest BCUT2D eigenvalue weighted by molar-refractivity contribution is 8.00. The van der Waals surface area contributed by atoms with Crippen molar-refractivity contribution in [1.29, 1.82) is 0 Å². The van der Waals surface area contributed by atoms with E-state index in [9.17, 15) is 9.18 Å². The fourth-order valence-electron chi connectivity index (χ4n) is 1.82. The summed E-state index contributed by atoms with van der Waals surface area (Å²) in [5.41, 5.74) is 0.443. The monoisotopic (exact) mass is 321 g/mol. The number of nitrogens with one attached hydrogen (secondary N) is 1. The van der Waals surface area contributed by atoms with E-state index in [1.807, 2.05) is 6.07 Å². The van der Waals surface area contributed by atoms with Gasteiger partial charge in [0.25, 0.3) is 0 Å². The number of carbonyl (C=O) groups excluding carboxylic acids is 1. The molecular weight excluding hydrogens is 305 g/mol. The van der Waals surface area contributed by atoms with Crippen molar-refractivity contribution >= 4 is 23.4 Å². The molecule has 0 saturated carbocycles. The van der Waals surface area contributed by atoms with Gasteiger partial charge in [0.1, 0.15) is 5.82 Å². The number of anilines is 1. The molecule has 116 valence electrons. The first-order chi connectivity index (χ1) is 10.6. The number of ether oxygens (including phenoxy) is 2. The maximum atomic E-state index is 13.0. The first-order valence-corrected chi connectivity index (χ1v) is 7.51. The SMILES string of the molecule is COc1ccc(SCC(=O)Nc2cccc(F)c2)cc1OC. The van der Waals surface area contributed by atoms with Crippen molar-refractivity contribution in [3.63, 3.8) is 0 Å². The molecule has 2 aromatic carbocycles. The van der Waals surface area contributed by atoms with Crippen molar-refractivity contribution in [2.75, 3.05) is 25.3 Å². The average molecular weight is 321 g/mol. The van der Waals surface area contributed by atoms with Crippen molar-refractivity contribution in [2.45, 2.75) is 4.90 Å². The van der Waals surface area contributed by atoms with Crippen LogP contribution in [0.4, 0.5) is 10.1 Å². The Hall–Kier alpha value is -2.21. The van der Waals surface area contributed by atoms with Crippen molar-refractivity contribution in [1.82, 2.24) is 0 Å². The smallest absolute Gasteiger partial charge is 0.234 e. The molecule has 0 aliphatic heterocycles. The van der Waals surface area contributed by atoms with Crippen molar-refractivity contribution in [3.8, 4) is 11.5 Å². The van der Waals surface area contributed by atoms with Gasteiger partial charge >= 0.3 is 0 Å². The van der Waals surface area contributed by atoms with Gasteiger partial charge in [-0.15, -0.1) is 11.8 Å². The van der Waals surface area contributed by atoms with Crippen LogP contribution in [0.2, 0.25) is 0 Å². The Bertz CT molecular complexity index is 664. The quantitative estimate of drug-likeness (QED) is 0.826. The van der Waals surface area contributed by atoms with E-state index in [-0.39, 0.29) is 17.5 Å².